The molecule has 35 heavy (non-hydrogen) atoms. The Hall–Kier alpha value is -4.10. The quantitative estimate of drug-likeness (QED) is 0.314. The van der Waals surface area contributed by atoms with Gasteiger partial charge in [-0.3, -0.25) is 9.52 Å². The third-order valence-corrected chi connectivity index (χ3v) is 6.98. The van der Waals surface area contributed by atoms with Crippen LogP contribution >= 0.6 is 0 Å². The van der Waals surface area contributed by atoms with Gasteiger partial charge in [-0.1, -0.05) is 54.1 Å². The van der Waals surface area contributed by atoms with Gasteiger partial charge in [0.1, 0.15) is 5.75 Å². The van der Waals surface area contributed by atoms with E-state index in [0.29, 0.717) is 28.4 Å². The van der Waals surface area contributed by atoms with Crippen molar-refractivity contribution in [3.05, 3.63) is 113 Å². The molecule has 2 N–H and O–H groups in total. The third-order valence-electron chi connectivity index (χ3n) is 5.47. The second kappa shape index (κ2) is 10.0. The molecule has 7 heteroatoms. The Morgan fingerprint density at radius 3 is 2.20 bits per heavy atom. The van der Waals surface area contributed by atoms with E-state index in [4.69, 9.17) is 4.74 Å². The number of anilines is 2. The zero-order chi connectivity index (χ0) is 25.0. The van der Waals surface area contributed by atoms with Gasteiger partial charge in [-0.15, -0.1) is 0 Å². The first-order chi connectivity index (χ1) is 16.7. The number of benzene rings is 4. The van der Waals surface area contributed by atoms with Crippen LogP contribution in [0.3, 0.4) is 0 Å². The first kappa shape index (κ1) is 24.0. The van der Waals surface area contributed by atoms with Gasteiger partial charge in [0.15, 0.2) is 5.75 Å². The molecule has 4 aromatic carbocycles. The molecule has 0 spiro atoms. The van der Waals surface area contributed by atoms with Crippen molar-refractivity contribution in [1.29, 1.82) is 0 Å². The Labute approximate surface area is 205 Å². The Kier molecular flexibility index (Phi) is 6.89. The minimum absolute atomic E-state index is 0.0407. The highest BCUT2D eigenvalue weighted by molar-refractivity contribution is 7.92. The van der Waals surface area contributed by atoms with Crippen LogP contribution in [0, 0.1) is 20.8 Å². The van der Waals surface area contributed by atoms with E-state index < -0.39 is 15.9 Å². The van der Waals surface area contributed by atoms with Crippen LogP contribution in [-0.2, 0) is 10.0 Å². The number of carbonyl (C=O) groups is 1. The van der Waals surface area contributed by atoms with Gasteiger partial charge in [-0.25, -0.2) is 8.42 Å². The first-order valence-electron chi connectivity index (χ1n) is 11.1. The zero-order valence-electron chi connectivity index (χ0n) is 19.7. The van der Waals surface area contributed by atoms with Crippen molar-refractivity contribution in [3.8, 4) is 11.5 Å². The summed E-state index contributed by atoms with van der Waals surface area (Å²) >= 11 is 0. The van der Waals surface area contributed by atoms with Crippen LogP contribution in [0.4, 0.5) is 11.4 Å². The number of para-hydroxylation sites is 3. The predicted molar refractivity (Wildman–Crippen MR) is 139 cm³/mol. The lowest BCUT2D eigenvalue weighted by molar-refractivity contribution is 0.102. The SMILES string of the molecule is Cc1ccc(NS(=O)(=O)c2cc(C(=O)Nc3ccccc3Oc3ccccc3)ccc2C)c(C)c1. The molecule has 0 aliphatic rings. The van der Waals surface area contributed by atoms with Crippen molar-refractivity contribution in [2.45, 2.75) is 25.7 Å². The molecule has 6 nitrogen and oxygen atoms in total. The molecule has 0 aromatic heterocycles. The van der Waals surface area contributed by atoms with Crippen molar-refractivity contribution >= 4 is 27.3 Å². The molecule has 4 aromatic rings. The van der Waals surface area contributed by atoms with Crippen LogP contribution in [0.25, 0.3) is 0 Å². The van der Waals surface area contributed by atoms with Crippen LogP contribution in [0.2, 0.25) is 0 Å². The topological polar surface area (TPSA) is 84.5 Å². The maximum absolute atomic E-state index is 13.2. The molecule has 0 bridgehead atoms. The molecule has 178 valence electrons. The van der Waals surface area contributed by atoms with Gasteiger partial charge in [0.25, 0.3) is 15.9 Å². The largest absolute Gasteiger partial charge is 0.455 e. The molecule has 0 heterocycles. The predicted octanol–water partition coefficient (Wildman–Crippen LogP) is 6.46. The number of rotatable bonds is 7. The molecular weight excluding hydrogens is 460 g/mol. The van der Waals surface area contributed by atoms with Crippen LogP contribution in [0.5, 0.6) is 11.5 Å². The summed E-state index contributed by atoms with van der Waals surface area (Å²) in [5.74, 6) is 0.663. The summed E-state index contributed by atoms with van der Waals surface area (Å²) in [5, 5.41) is 2.83. The summed E-state index contributed by atoms with van der Waals surface area (Å²) in [5.41, 5.74) is 3.57. The highest BCUT2D eigenvalue weighted by Crippen LogP contribution is 2.30. The van der Waals surface area contributed by atoms with E-state index in [1.807, 2.05) is 62.4 Å². The van der Waals surface area contributed by atoms with Crippen LogP contribution < -0.4 is 14.8 Å². The normalized spacial score (nSPS) is 11.1. The van der Waals surface area contributed by atoms with E-state index in [1.165, 1.54) is 6.07 Å². The van der Waals surface area contributed by atoms with Gasteiger partial charge in [-0.2, -0.15) is 0 Å². The molecule has 0 unspecified atom stereocenters. The Morgan fingerprint density at radius 1 is 0.743 bits per heavy atom. The lowest BCUT2D eigenvalue weighted by Crippen LogP contribution is -2.17. The first-order valence-corrected chi connectivity index (χ1v) is 12.6. The summed E-state index contributed by atoms with van der Waals surface area (Å²) in [4.78, 5) is 13.1. The summed E-state index contributed by atoms with van der Waals surface area (Å²) in [7, 11) is -3.91. The number of sulfonamides is 1. The van der Waals surface area contributed by atoms with Gasteiger partial charge < -0.3 is 10.1 Å². The smallest absolute Gasteiger partial charge is 0.262 e. The standard InChI is InChI=1S/C28H26N2O4S/c1-19-13-16-24(21(3)17-19)30-35(32,33)27-18-22(15-14-20(27)2)28(31)29-25-11-7-8-12-26(25)34-23-9-5-4-6-10-23/h4-18,30H,1-3H3,(H,29,31). The van der Waals surface area contributed by atoms with Crippen LogP contribution in [0.15, 0.2) is 95.9 Å². The number of aryl methyl sites for hydroxylation is 3. The van der Waals surface area contributed by atoms with Crippen molar-refractivity contribution < 1.29 is 17.9 Å². The van der Waals surface area contributed by atoms with Gasteiger partial charge in [-0.05, 0) is 74.4 Å². The van der Waals surface area contributed by atoms with Gasteiger partial charge in [0, 0.05) is 5.56 Å². The van der Waals surface area contributed by atoms with Crippen molar-refractivity contribution in [1.82, 2.24) is 0 Å². The number of hydrogen-bond acceptors (Lipinski definition) is 4. The van der Waals surface area contributed by atoms with Crippen LogP contribution in [-0.4, -0.2) is 14.3 Å². The van der Waals surface area contributed by atoms with E-state index in [1.54, 1.807) is 43.3 Å². The summed E-state index contributed by atoms with van der Waals surface area (Å²) in [6.07, 6.45) is 0. The minimum Gasteiger partial charge on any atom is -0.455 e. The fourth-order valence-corrected chi connectivity index (χ4v) is 5.03. The number of ether oxygens (including phenoxy) is 1. The van der Waals surface area contributed by atoms with Gasteiger partial charge in [0.2, 0.25) is 0 Å². The minimum atomic E-state index is -3.91. The molecule has 4 rings (SSSR count). The van der Waals surface area contributed by atoms with Crippen molar-refractivity contribution in [2.24, 2.45) is 0 Å². The second-order valence-corrected chi connectivity index (χ2v) is 9.92. The van der Waals surface area contributed by atoms with E-state index >= 15 is 0 Å². The number of carbonyl (C=O) groups excluding carboxylic acids is 1. The molecule has 0 atom stereocenters. The zero-order valence-corrected chi connectivity index (χ0v) is 20.5. The summed E-state index contributed by atoms with van der Waals surface area (Å²) < 4.78 is 34.9. The molecular formula is C28H26N2O4S. The Bertz CT molecular complexity index is 1480. The Morgan fingerprint density at radius 2 is 1.46 bits per heavy atom. The highest BCUT2D eigenvalue weighted by atomic mass is 32.2. The Balaban J connectivity index is 1.59. The lowest BCUT2D eigenvalue weighted by Gasteiger charge is -2.15. The summed E-state index contributed by atoms with van der Waals surface area (Å²) in [6.45, 7) is 5.48. The molecule has 0 fully saturated rings. The van der Waals surface area contributed by atoms with E-state index in [2.05, 4.69) is 10.0 Å². The maximum atomic E-state index is 13.2. The van der Waals surface area contributed by atoms with E-state index in [-0.39, 0.29) is 10.5 Å². The van der Waals surface area contributed by atoms with E-state index in [9.17, 15) is 13.2 Å². The second-order valence-electron chi connectivity index (χ2n) is 8.27. The molecule has 0 radical (unpaired) electrons. The molecule has 0 aliphatic carbocycles. The van der Waals surface area contributed by atoms with E-state index in [0.717, 1.165) is 11.1 Å². The van der Waals surface area contributed by atoms with Crippen molar-refractivity contribution in [3.63, 3.8) is 0 Å². The highest BCUT2D eigenvalue weighted by Gasteiger charge is 2.21. The number of amides is 1. The van der Waals surface area contributed by atoms with Gasteiger partial charge >= 0.3 is 0 Å². The van der Waals surface area contributed by atoms with Crippen LogP contribution in [0.1, 0.15) is 27.0 Å². The van der Waals surface area contributed by atoms with Gasteiger partial charge in [0.05, 0.1) is 16.3 Å². The molecule has 1 amide bonds. The van der Waals surface area contributed by atoms with Crippen molar-refractivity contribution in [2.75, 3.05) is 10.0 Å². The number of hydrogen-bond donors (Lipinski definition) is 2. The molecule has 0 aliphatic heterocycles. The molecule has 0 saturated carbocycles. The third kappa shape index (κ3) is 5.70. The molecule has 0 saturated heterocycles. The fourth-order valence-electron chi connectivity index (χ4n) is 3.63. The summed E-state index contributed by atoms with van der Waals surface area (Å²) in [6, 6.07) is 26.4. The average molecular weight is 487 g/mol. The average Bonchev–Trinajstić information content (AvgIpc) is 2.83. The lowest BCUT2D eigenvalue weighted by atomic mass is 10.1. The monoisotopic (exact) mass is 486 g/mol. The fraction of sp³-hybridized carbons (Fsp3) is 0.107. The maximum Gasteiger partial charge on any atom is 0.262 e. The number of nitrogens with one attached hydrogen (secondary N) is 2.